The van der Waals surface area contributed by atoms with Gasteiger partial charge in [0.2, 0.25) is 0 Å². The molecule has 0 bridgehead atoms. The molecule has 3 rings (SSSR count). The molecule has 0 saturated heterocycles. The molecule has 0 atom stereocenters. The van der Waals surface area contributed by atoms with Crippen molar-refractivity contribution in [3.05, 3.63) is 58.9 Å². The maximum Gasteiger partial charge on any atom is 0.261 e. The summed E-state index contributed by atoms with van der Waals surface area (Å²) < 4.78 is 32.6. The van der Waals surface area contributed by atoms with Gasteiger partial charge in [0.15, 0.2) is 0 Å². The van der Waals surface area contributed by atoms with Gasteiger partial charge in [-0.2, -0.15) is 0 Å². The van der Waals surface area contributed by atoms with Gasteiger partial charge in [0.1, 0.15) is 5.75 Å². The van der Waals surface area contributed by atoms with Crippen LogP contribution in [0.25, 0.3) is 11.3 Å². The SMILES string of the molecule is COc1ccc(S(=O)(=O)Nc2cccc(-c3csc(C)n3)c2)cc1. The zero-order chi connectivity index (χ0) is 17.2. The molecular weight excluding hydrogens is 344 g/mol. The van der Waals surface area contributed by atoms with E-state index in [0.717, 1.165) is 16.3 Å². The second-order valence-corrected chi connectivity index (χ2v) is 7.86. The van der Waals surface area contributed by atoms with Gasteiger partial charge in [0.05, 0.1) is 22.7 Å². The van der Waals surface area contributed by atoms with E-state index in [9.17, 15) is 8.42 Å². The Labute approximate surface area is 145 Å². The number of nitrogens with zero attached hydrogens (tertiary/aromatic N) is 1. The lowest BCUT2D eigenvalue weighted by atomic mass is 10.1. The minimum absolute atomic E-state index is 0.179. The van der Waals surface area contributed by atoms with Gasteiger partial charge < -0.3 is 4.74 Å². The predicted molar refractivity (Wildman–Crippen MR) is 96.1 cm³/mol. The van der Waals surface area contributed by atoms with Gasteiger partial charge in [0.25, 0.3) is 10.0 Å². The topological polar surface area (TPSA) is 68.3 Å². The number of rotatable bonds is 5. The molecular formula is C17H16N2O3S2. The van der Waals surface area contributed by atoms with Gasteiger partial charge in [0, 0.05) is 16.6 Å². The van der Waals surface area contributed by atoms with E-state index in [1.807, 2.05) is 18.4 Å². The number of benzene rings is 2. The molecule has 24 heavy (non-hydrogen) atoms. The molecule has 0 saturated carbocycles. The second kappa shape index (κ2) is 6.62. The highest BCUT2D eigenvalue weighted by Crippen LogP contribution is 2.25. The summed E-state index contributed by atoms with van der Waals surface area (Å²) in [4.78, 5) is 4.60. The smallest absolute Gasteiger partial charge is 0.261 e. The first-order valence-corrected chi connectivity index (χ1v) is 9.54. The first kappa shape index (κ1) is 16.5. The fraction of sp³-hybridized carbons (Fsp3) is 0.118. The third kappa shape index (κ3) is 3.58. The van der Waals surface area contributed by atoms with Crippen LogP contribution in [-0.4, -0.2) is 20.5 Å². The normalized spacial score (nSPS) is 11.2. The summed E-state index contributed by atoms with van der Waals surface area (Å²) in [6.45, 7) is 1.93. The molecule has 124 valence electrons. The average molecular weight is 360 g/mol. The number of ether oxygens (including phenoxy) is 1. The summed E-state index contributed by atoms with van der Waals surface area (Å²) in [6.07, 6.45) is 0. The monoisotopic (exact) mass is 360 g/mol. The van der Waals surface area contributed by atoms with Crippen molar-refractivity contribution in [2.75, 3.05) is 11.8 Å². The molecule has 1 heterocycles. The summed E-state index contributed by atoms with van der Waals surface area (Å²) in [5.74, 6) is 0.606. The Kier molecular flexibility index (Phi) is 4.55. The van der Waals surface area contributed by atoms with Gasteiger partial charge >= 0.3 is 0 Å². The second-order valence-electron chi connectivity index (χ2n) is 5.11. The molecule has 0 aliphatic heterocycles. The number of hydrogen-bond donors (Lipinski definition) is 1. The van der Waals surface area contributed by atoms with E-state index in [0.29, 0.717) is 11.4 Å². The Bertz CT molecular complexity index is 948. The molecule has 0 spiro atoms. The maximum absolute atomic E-state index is 12.5. The number of thiazole rings is 1. The summed E-state index contributed by atoms with van der Waals surface area (Å²) in [5.41, 5.74) is 2.20. The van der Waals surface area contributed by atoms with Gasteiger partial charge in [-0.3, -0.25) is 4.72 Å². The summed E-state index contributed by atoms with van der Waals surface area (Å²) in [7, 11) is -2.12. The lowest BCUT2D eigenvalue weighted by molar-refractivity contribution is 0.414. The third-order valence-electron chi connectivity index (χ3n) is 3.40. The molecule has 0 unspecified atom stereocenters. The van der Waals surface area contributed by atoms with Gasteiger partial charge in [-0.05, 0) is 43.3 Å². The van der Waals surface area contributed by atoms with Crippen molar-refractivity contribution < 1.29 is 13.2 Å². The number of hydrogen-bond acceptors (Lipinski definition) is 5. The summed E-state index contributed by atoms with van der Waals surface area (Å²) in [6, 6.07) is 13.4. The number of anilines is 1. The third-order valence-corrected chi connectivity index (χ3v) is 5.57. The quantitative estimate of drug-likeness (QED) is 0.748. The van der Waals surface area contributed by atoms with E-state index in [4.69, 9.17) is 4.74 Å². The van der Waals surface area contributed by atoms with Crippen LogP contribution < -0.4 is 9.46 Å². The van der Waals surface area contributed by atoms with Crippen LogP contribution in [0.3, 0.4) is 0 Å². The van der Waals surface area contributed by atoms with Crippen molar-refractivity contribution in [1.29, 1.82) is 0 Å². The van der Waals surface area contributed by atoms with Crippen molar-refractivity contribution in [2.24, 2.45) is 0 Å². The molecule has 0 amide bonds. The van der Waals surface area contributed by atoms with Crippen molar-refractivity contribution in [1.82, 2.24) is 4.98 Å². The van der Waals surface area contributed by atoms with Crippen LogP contribution in [-0.2, 0) is 10.0 Å². The lowest BCUT2D eigenvalue weighted by Crippen LogP contribution is -2.12. The molecule has 0 aliphatic rings. The number of sulfonamides is 1. The lowest BCUT2D eigenvalue weighted by Gasteiger charge is -2.09. The van der Waals surface area contributed by atoms with Crippen molar-refractivity contribution in [3.8, 4) is 17.0 Å². The zero-order valence-electron chi connectivity index (χ0n) is 13.2. The van der Waals surface area contributed by atoms with Crippen molar-refractivity contribution in [2.45, 2.75) is 11.8 Å². The van der Waals surface area contributed by atoms with E-state index >= 15 is 0 Å². The molecule has 3 aromatic rings. The summed E-state index contributed by atoms with van der Waals surface area (Å²) >= 11 is 1.56. The molecule has 0 aliphatic carbocycles. The Balaban J connectivity index is 1.87. The van der Waals surface area contributed by atoms with Gasteiger partial charge in [-0.1, -0.05) is 12.1 Å². The van der Waals surface area contributed by atoms with Crippen LogP contribution in [0.5, 0.6) is 5.75 Å². The van der Waals surface area contributed by atoms with Crippen LogP contribution in [0.4, 0.5) is 5.69 Å². The van der Waals surface area contributed by atoms with Gasteiger partial charge in [-0.15, -0.1) is 11.3 Å². The van der Waals surface area contributed by atoms with E-state index in [1.165, 1.54) is 19.2 Å². The molecule has 7 heteroatoms. The highest BCUT2D eigenvalue weighted by molar-refractivity contribution is 7.92. The highest BCUT2D eigenvalue weighted by atomic mass is 32.2. The maximum atomic E-state index is 12.5. The fourth-order valence-electron chi connectivity index (χ4n) is 2.21. The minimum atomic E-state index is -3.66. The molecule has 0 radical (unpaired) electrons. The van der Waals surface area contributed by atoms with Crippen LogP contribution in [0.2, 0.25) is 0 Å². The van der Waals surface area contributed by atoms with Crippen LogP contribution >= 0.6 is 11.3 Å². The minimum Gasteiger partial charge on any atom is -0.497 e. The molecule has 1 aromatic heterocycles. The Morgan fingerprint density at radius 1 is 1.12 bits per heavy atom. The number of aryl methyl sites for hydroxylation is 1. The predicted octanol–water partition coefficient (Wildman–Crippen LogP) is 3.93. The largest absolute Gasteiger partial charge is 0.497 e. The van der Waals surface area contributed by atoms with E-state index in [-0.39, 0.29) is 4.90 Å². The van der Waals surface area contributed by atoms with Crippen molar-refractivity contribution in [3.63, 3.8) is 0 Å². The zero-order valence-corrected chi connectivity index (χ0v) is 14.8. The Morgan fingerprint density at radius 3 is 2.50 bits per heavy atom. The van der Waals surface area contributed by atoms with E-state index in [2.05, 4.69) is 9.71 Å². The number of methoxy groups -OCH3 is 1. The first-order valence-electron chi connectivity index (χ1n) is 7.17. The van der Waals surface area contributed by atoms with Crippen LogP contribution in [0.1, 0.15) is 5.01 Å². The number of nitrogens with one attached hydrogen (secondary N) is 1. The molecule has 2 aromatic carbocycles. The Morgan fingerprint density at radius 2 is 1.88 bits per heavy atom. The number of aromatic nitrogens is 1. The van der Waals surface area contributed by atoms with Crippen LogP contribution in [0.15, 0.2) is 58.8 Å². The van der Waals surface area contributed by atoms with E-state index < -0.39 is 10.0 Å². The van der Waals surface area contributed by atoms with Crippen LogP contribution in [0, 0.1) is 6.92 Å². The Hall–Kier alpha value is -2.38. The van der Waals surface area contributed by atoms with Crippen molar-refractivity contribution >= 4 is 27.0 Å². The van der Waals surface area contributed by atoms with Gasteiger partial charge in [-0.25, -0.2) is 13.4 Å². The van der Waals surface area contributed by atoms with E-state index in [1.54, 1.807) is 41.7 Å². The molecule has 5 nitrogen and oxygen atoms in total. The fourth-order valence-corrected chi connectivity index (χ4v) is 3.88. The molecule has 1 N–H and O–H groups in total. The molecule has 0 fully saturated rings. The average Bonchev–Trinajstić information content (AvgIpc) is 3.01. The first-order chi connectivity index (χ1) is 11.5. The standard InChI is InChI=1S/C17H16N2O3S2/c1-12-18-17(11-23-12)13-4-3-5-14(10-13)19-24(20,21)16-8-6-15(22-2)7-9-16/h3-11,19H,1-2H3. The highest BCUT2D eigenvalue weighted by Gasteiger charge is 2.14. The summed E-state index contributed by atoms with van der Waals surface area (Å²) in [5, 5.41) is 2.92.